The number of nitrogens with two attached hydrogens (primary N) is 4. The summed E-state index contributed by atoms with van der Waals surface area (Å²) >= 11 is 12.4. The van der Waals surface area contributed by atoms with Gasteiger partial charge in [-0.3, -0.25) is 43.2 Å². The first kappa shape index (κ1) is 63.6. The molecule has 0 unspecified atom stereocenters. The van der Waals surface area contributed by atoms with Crippen LogP contribution in [-0.4, -0.2) is 135 Å². The number of anilines is 1. The zero-order chi connectivity index (χ0) is 57.1. The minimum atomic E-state index is -1.60. The van der Waals surface area contributed by atoms with E-state index in [9.17, 15) is 53.4 Å². The number of benzene rings is 3. The van der Waals surface area contributed by atoms with Gasteiger partial charge in [0.25, 0.3) is 0 Å². The first-order valence-electron chi connectivity index (χ1n) is 24.3. The summed E-state index contributed by atoms with van der Waals surface area (Å²) in [5, 5.41) is 38.4. The van der Waals surface area contributed by atoms with Crippen LogP contribution in [0.3, 0.4) is 0 Å². The molecular formula is C50H66I2N12O11S2. The maximum atomic E-state index is 14.8. The van der Waals surface area contributed by atoms with Crippen molar-refractivity contribution >= 4 is 140 Å². The van der Waals surface area contributed by atoms with E-state index in [1.54, 1.807) is 56.4 Å². The third-order valence-corrected chi connectivity index (χ3v) is 14.7. The SMILES string of the molecule is CC(C)[C@H](NC(=O)[C@H](CCCCN)NC(=O)[C@@H](Cc1c[nH]c2ccccc12)NC(=O)[C@H](Cc1ccc(O)c(I)c1)NC(=O)[C@H](CS)NC(=O)[C@H](N)Cc1ccc(N)c(I)c1)C(=O)N[C@@H](CS)C(=O)N[C@@H](CC(=O)O)C(N)=O. The molecule has 4 rings (SSSR count). The van der Waals surface area contributed by atoms with Crippen LogP contribution in [-0.2, 0) is 62.4 Å². The number of H-pyrrole nitrogens is 1. The Morgan fingerprint density at radius 3 is 1.73 bits per heavy atom. The summed E-state index contributed by atoms with van der Waals surface area (Å²) in [6, 6.07) is 6.19. The van der Waals surface area contributed by atoms with Crippen molar-refractivity contribution in [3.8, 4) is 5.75 Å². The predicted molar refractivity (Wildman–Crippen MR) is 312 cm³/mol. The predicted octanol–water partition coefficient (Wildman–Crippen LogP) is 0.0183. The van der Waals surface area contributed by atoms with E-state index < -0.39 is 114 Å². The molecule has 0 aliphatic heterocycles. The van der Waals surface area contributed by atoms with E-state index in [0.29, 0.717) is 33.2 Å². The van der Waals surface area contributed by atoms with Gasteiger partial charge in [0, 0.05) is 50.7 Å². The number of phenolic OH excluding ortho intramolecular Hbond substituents is 1. The monoisotopic (exact) mass is 1330 g/mol. The number of carbonyl (C=O) groups excluding carboxylic acids is 8. The number of carboxylic acids is 1. The van der Waals surface area contributed by atoms with Gasteiger partial charge >= 0.3 is 5.97 Å². The van der Waals surface area contributed by atoms with Crippen LogP contribution in [0, 0.1) is 13.1 Å². The van der Waals surface area contributed by atoms with Gasteiger partial charge in [0.1, 0.15) is 48.0 Å². The number of aromatic amines is 1. The van der Waals surface area contributed by atoms with E-state index in [-0.39, 0.29) is 49.5 Å². The quantitative estimate of drug-likeness (QED) is 0.0142. The number of rotatable bonds is 30. The van der Waals surface area contributed by atoms with Crippen molar-refractivity contribution < 1.29 is 53.4 Å². The van der Waals surface area contributed by atoms with Crippen LogP contribution >= 0.6 is 70.4 Å². The molecule has 0 spiro atoms. The van der Waals surface area contributed by atoms with Gasteiger partial charge in [0.2, 0.25) is 47.3 Å². The highest BCUT2D eigenvalue weighted by atomic mass is 127. The normalized spacial score (nSPS) is 14.4. The van der Waals surface area contributed by atoms with Crippen LogP contribution in [0.5, 0.6) is 5.75 Å². The van der Waals surface area contributed by atoms with Gasteiger partial charge in [0.15, 0.2) is 0 Å². The number of hydrogen-bond acceptors (Lipinski definition) is 15. The fraction of sp³-hybridized carbons (Fsp3) is 0.420. The van der Waals surface area contributed by atoms with Crippen molar-refractivity contribution in [2.24, 2.45) is 23.1 Å². The van der Waals surface area contributed by atoms with Crippen molar-refractivity contribution in [2.45, 2.75) is 107 Å². The average Bonchev–Trinajstić information content (AvgIpc) is 3.79. The van der Waals surface area contributed by atoms with Crippen molar-refractivity contribution in [2.75, 3.05) is 23.8 Å². The Hall–Kier alpha value is -5.89. The number of thiol groups is 2. The second-order valence-electron chi connectivity index (χ2n) is 18.5. The van der Waals surface area contributed by atoms with E-state index >= 15 is 0 Å². The molecule has 8 atom stereocenters. The standard InChI is InChI=1S/C50H66I2N12O11S2/c1-24(2)42(50(75)63-39(23-77)48(73)59-35(43(56)68)20-41(66)67)64-45(70)34(9-5-6-14-53)58-47(72)37(19-27-21-57-33-8-4-3-7-28(27)33)61-46(71)36(18-26-11-13-40(65)30(52)16-26)60-49(74)38(22-76)62-44(69)32(55)17-25-10-12-31(54)29(51)15-25/h3-4,7-8,10-13,15-16,21,24,32,34-39,42,57,65,76-77H,5-6,9,14,17-20,22-23,53-55H2,1-2H3,(H2,56,68)(H,58,72)(H,59,73)(H,60,74)(H,61,71)(H,62,69)(H,63,75)(H,64,70)(H,66,67)/t32-,34+,35+,36+,37-,38+,39+,42+/m1/s1. The number of primary amides is 1. The van der Waals surface area contributed by atoms with Crippen LogP contribution in [0.2, 0.25) is 0 Å². The molecule has 8 amide bonds. The summed E-state index contributed by atoms with van der Waals surface area (Å²) in [4.78, 5) is 124. The molecule has 4 aromatic rings. The summed E-state index contributed by atoms with van der Waals surface area (Å²) in [7, 11) is 0. The number of aromatic nitrogens is 1. The van der Waals surface area contributed by atoms with E-state index in [1.165, 1.54) is 6.07 Å². The molecule has 0 saturated carbocycles. The molecule has 77 heavy (non-hydrogen) atoms. The van der Waals surface area contributed by atoms with Gasteiger partial charge in [-0.1, -0.05) is 44.2 Å². The lowest BCUT2D eigenvalue weighted by molar-refractivity contribution is -0.140. The summed E-state index contributed by atoms with van der Waals surface area (Å²) in [6.45, 7) is 3.48. The van der Waals surface area contributed by atoms with E-state index in [0.717, 1.165) is 20.0 Å². The topological polar surface area (TPSA) is 398 Å². The summed E-state index contributed by atoms with van der Waals surface area (Å²) in [5.41, 5.74) is 26.4. The largest absolute Gasteiger partial charge is 0.507 e. The van der Waals surface area contributed by atoms with Crippen LogP contribution in [0.15, 0.2) is 66.9 Å². The van der Waals surface area contributed by atoms with E-state index in [2.05, 4.69) is 90.0 Å². The highest BCUT2D eigenvalue weighted by Crippen LogP contribution is 2.23. The Labute approximate surface area is 482 Å². The lowest BCUT2D eigenvalue weighted by Crippen LogP contribution is -2.61. The van der Waals surface area contributed by atoms with Crippen molar-refractivity contribution in [3.63, 3.8) is 0 Å². The minimum absolute atomic E-state index is 0.0205. The first-order valence-corrected chi connectivity index (χ1v) is 27.8. The number of nitrogen functional groups attached to an aromatic ring is 1. The molecule has 0 aliphatic carbocycles. The van der Waals surface area contributed by atoms with Crippen molar-refractivity contribution in [1.29, 1.82) is 0 Å². The number of unbranched alkanes of at least 4 members (excludes halogenated alkanes) is 1. The number of hydrogen-bond donors (Lipinski definition) is 16. The Balaban J connectivity index is 1.64. The molecule has 418 valence electrons. The maximum Gasteiger partial charge on any atom is 0.305 e. The van der Waals surface area contributed by atoms with Crippen molar-refractivity contribution in [1.82, 2.24) is 42.2 Å². The fourth-order valence-corrected chi connectivity index (χ4v) is 9.54. The Kier molecular flexibility index (Phi) is 25.5. The molecular weight excluding hydrogens is 1260 g/mol. The summed E-state index contributed by atoms with van der Waals surface area (Å²) < 4.78 is 1.22. The van der Waals surface area contributed by atoms with Gasteiger partial charge < -0.3 is 75.3 Å². The lowest BCUT2D eigenvalue weighted by Gasteiger charge is -2.29. The number of para-hydroxylation sites is 1. The number of halogens is 2. The zero-order valence-electron chi connectivity index (χ0n) is 42.1. The zero-order valence-corrected chi connectivity index (χ0v) is 48.3. The number of carbonyl (C=O) groups is 9. The highest BCUT2D eigenvalue weighted by molar-refractivity contribution is 14.1. The molecule has 23 nitrogen and oxygen atoms in total. The van der Waals surface area contributed by atoms with Gasteiger partial charge in [0.05, 0.1) is 16.0 Å². The number of nitrogens with one attached hydrogen (secondary N) is 8. The van der Waals surface area contributed by atoms with Gasteiger partial charge in [-0.05, 0) is 130 Å². The number of amides is 8. The smallest absolute Gasteiger partial charge is 0.305 e. The highest BCUT2D eigenvalue weighted by Gasteiger charge is 2.35. The second kappa shape index (κ2) is 30.9. The molecule has 0 aliphatic rings. The van der Waals surface area contributed by atoms with Crippen LogP contribution < -0.4 is 60.2 Å². The average molecular weight is 1330 g/mol. The number of fused-ring (bicyclic) bond motifs is 1. The van der Waals surface area contributed by atoms with Gasteiger partial charge in [-0.25, -0.2) is 0 Å². The third kappa shape index (κ3) is 19.5. The number of aromatic hydroxyl groups is 1. The van der Waals surface area contributed by atoms with Crippen LogP contribution in [0.1, 0.15) is 56.2 Å². The Bertz CT molecular complexity index is 2770. The van der Waals surface area contributed by atoms with E-state index in [1.807, 2.05) is 40.8 Å². The molecule has 1 heterocycles. The molecule has 0 saturated heterocycles. The third-order valence-electron chi connectivity index (χ3n) is 12.2. The fourth-order valence-electron chi connectivity index (χ4n) is 7.86. The van der Waals surface area contributed by atoms with Gasteiger partial charge in [-0.2, -0.15) is 25.3 Å². The van der Waals surface area contributed by atoms with Gasteiger partial charge in [-0.15, -0.1) is 0 Å². The molecule has 18 N–H and O–H groups in total. The number of aliphatic carboxylic acids is 1. The molecule has 27 heteroatoms. The lowest BCUT2D eigenvalue weighted by atomic mass is 10.00. The number of phenols is 1. The molecule has 0 radical (unpaired) electrons. The minimum Gasteiger partial charge on any atom is -0.507 e. The Morgan fingerprint density at radius 1 is 0.636 bits per heavy atom. The van der Waals surface area contributed by atoms with E-state index in [4.69, 9.17) is 22.9 Å². The first-order chi connectivity index (χ1) is 36.5. The molecule has 0 fully saturated rings. The second-order valence-corrected chi connectivity index (χ2v) is 21.5. The number of carboxylic acid groups (broad SMARTS) is 1. The van der Waals surface area contributed by atoms with Crippen LogP contribution in [0.4, 0.5) is 5.69 Å². The summed E-state index contributed by atoms with van der Waals surface area (Å²) in [6.07, 6.45) is 1.47. The molecule has 3 aromatic carbocycles. The van der Waals surface area contributed by atoms with Crippen LogP contribution in [0.25, 0.3) is 10.9 Å². The molecule has 0 bridgehead atoms. The maximum absolute atomic E-state index is 14.8. The van der Waals surface area contributed by atoms with Crippen molar-refractivity contribution in [3.05, 3.63) is 90.7 Å². The molecule has 1 aromatic heterocycles. The summed E-state index contributed by atoms with van der Waals surface area (Å²) in [5.74, 6) is -9.43. The Morgan fingerprint density at radius 2 is 1.16 bits per heavy atom.